The first-order valence-corrected chi connectivity index (χ1v) is 11.0. The predicted molar refractivity (Wildman–Crippen MR) is 121 cm³/mol. The topological polar surface area (TPSA) is 75.1 Å². The molecule has 0 bridgehead atoms. The van der Waals surface area contributed by atoms with Crippen molar-refractivity contribution in [2.75, 3.05) is 44.2 Å². The standard InChI is InChI=1S/C24H32N4O3/c1-20-7-5-10-22(19-20)31-18-6-11-23(29)25-26-24(30)12-13-27-14-16-28(17-15-27)21-8-3-2-4-9-21/h2-5,7-10,19H,6,11-18H2,1H3,(H,25,29)(H,26,30)/p+1. The first kappa shape index (κ1) is 22.6. The maximum absolute atomic E-state index is 12.0. The summed E-state index contributed by atoms with van der Waals surface area (Å²) in [4.78, 5) is 27.7. The third-order valence-electron chi connectivity index (χ3n) is 5.45. The van der Waals surface area contributed by atoms with Gasteiger partial charge in [0.2, 0.25) is 11.8 Å². The van der Waals surface area contributed by atoms with Gasteiger partial charge in [0.15, 0.2) is 0 Å². The number of nitrogens with zero attached hydrogens (tertiary/aromatic N) is 1. The lowest BCUT2D eigenvalue weighted by atomic mass is 10.2. The van der Waals surface area contributed by atoms with Crippen molar-refractivity contribution in [1.82, 2.24) is 10.9 Å². The first-order valence-electron chi connectivity index (χ1n) is 11.0. The highest BCUT2D eigenvalue weighted by Gasteiger charge is 2.20. The largest absolute Gasteiger partial charge is 0.494 e. The number of quaternary nitrogens is 1. The molecule has 1 aliphatic heterocycles. The molecule has 1 saturated heterocycles. The minimum atomic E-state index is -0.204. The van der Waals surface area contributed by atoms with E-state index >= 15 is 0 Å². The molecular formula is C24H33N4O3+. The molecule has 0 aliphatic carbocycles. The van der Waals surface area contributed by atoms with Gasteiger partial charge >= 0.3 is 0 Å². The number of carbonyl (C=O) groups is 2. The molecule has 0 aromatic heterocycles. The second kappa shape index (κ2) is 12.0. The van der Waals surface area contributed by atoms with Gasteiger partial charge in [0.1, 0.15) is 5.75 Å². The molecule has 2 aromatic rings. The fourth-order valence-electron chi connectivity index (χ4n) is 3.65. The Morgan fingerprint density at radius 2 is 1.68 bits per heavy atom. The Kier molecular flexibility index (Phi) is 8.72. The number of hydrazine groups is 1. The van der Waals surface area contributed by atoms with E-state index in [4.69, 9.17) is 4.74 Å². The SMILES string of the molecule is Cc1cccc(OCCCC(=O)NNC(=O)CC[NH+]2CCN(c3ccccc3)CC2)c1. The Hall–Kier alpha value is -3.06. The Labute approximate surface area is 184 Å². The summed E-state index contributed by atoms with van der Waals surface area (Å²) in [6.45, 7) is 7.24. The molecule has 166 valence electrons. The smallest absolute Gasteiger partial charge is 0.244 e. The number of rotatable bonds is 9. The molecule has 7 heteroatoms. The number of hydrogen-bond acceptors (Lipinski definition) is 4. The summed E-state index contributed by atoms with van der Waals surface area (Å²) >= 11 is 0. The van der Waals surface area contributed by atoms with Crippen LogP contribution in [0.2, 0.25) is 0 Å². The summed E-state index contributed by atoms with van der Waals surface area (Å²) in [5.74, 6) is 0.452. The van der Waals surface area contributed by atoms with Crippen LogP contribution in [-0.2, 0) is 9.59 Å². The molecule has 1 aliphatic rings. The number of para-hydroxylation sites is 1. The molecule has 1 fully saturated rings. The van der Waals surface area contributed by atoms with E-state index in [1.165, 1.54) is 10.6 Å². The van der Waals surface area contributed by atoms with E-state index < -0.39 is 0 Å². The van der Waals surface area contributed by atoms with E-state index in [1.54, 1.807) is 0 Å². The summed E-state index contributed by atoms with van der Waals surface area (Å²) in [7, 11) is 0. The van der Waals surface area contributed by atoms with Crippen LogP contribution in [0, 0.1) is 6.92 Å². The molecule has 1 heterocycles. The molecule has 0 radical (unpaired) electrons. The van der Waals surface area contributed by atoms with E-state index in [2.05, 4.69) is 40.0 Å². The molecule has 2 aromatic carbocycles. The quantitative estimate of drug-likeness (QED) is 0.415. The number of benzene rings is 2. The highest BCUT2D eigenvalue weighted by molar-refractivity contribution is 5.81. The van der Waals surface area contributed by atoms with Crippen molar-refractivity contribution in [2.45, 2.75) is 26.2 Å². The molecule has 0 saturated carbocycles. The van der Waals surface area contributed by atoms with Gasteiger partial charge in [-0.25, -0.2) is 0 Å². The van der Waals surface area contributed by atoms with Gasteiger partial charge < -0.3 is 14.5 Å². The second-order valence-electron chi connectivity index (χ2n) is 7.94. The van der Waals surface area contributed by atoms with Crippen LogP contribution in [-0.4, -0.2) is 51.1 Å². The van der Waals surface area contributed by atoms with Gasteiger partial charge in [-0.15, -0.1) is 0 Å². The molecule has 31 heavy (non-hydrogen) atoms. The molecule has 0 spiro atoms. The van der Waals surface area contributed by atoms with Crippen LogP contribution in [0.15, 0.2) is 54.6 Å². The summed E-state index contributed by atoms with van der Waals surface area (Å²) in [6.07, 6.45) is 1.29. The van der Waals surface area contributed by atoms with Crippen molar-refractivity contribution in [3.8, 4) is 5.75 Å². The zero-order valence-electron chi connectivity index (χ0n) is 18.2. The van der Waals surface area contributed by atoms with Gasteiger partial charge in [0, 0.05) is 12.1 Å². The lowest BCUT2D eigenvalue weighted by Gasteiger charge is -2.33. The van der Waals surface area contributed by atoms with E-state index in [0.717, 1.165) is 44.0 Å². The van der Waals surface area contributed by atoms with Crippen LogP contribution >= 0.6 is 0 Å². The van der Waals surface area contributed by atoms with E-state index in [1.807, 2.05) is 37.3 Å². The third-order valence-corrected chi connectivity index (χ3v) is 5.45. The lowest BCUT2D eigenvalue weighted by Crippen LogP contribution is -3.15. The van der Waals surface area contributed by atoms with Crippen LogP contribution in [0.1, 0.15) is 24.8 Å². The molecule has 3 N–H and O–H groups in total. The average Bonchev–Trinajstić information content (AvgIpc) is 2.80. The van der Waals surface area contributed by atoms with Crippen LogP contribution in [0.3, 0.4) is 0 Å². The van der Waals surface area contributed by atoms with Crippen molar-refractivity contribution < 1.29 is 19.2 Å². The predicted octanol–water partition coefficient (Wildman–Crippen LogP) is 1.10. The highest BCUT2D eigenvalue weighted by atomic mass is 16.5. The maximum Gasteiger partial charge on any atom is 0.244 e. The van der Waals surface area contributed by atoms with Gasteiger partial charge in [-0.3, -0.25) is 20.4 Å². The molecule has 0 unspecified atom stereocenters. The maximum atomic E-state index is 12.0. The van der Waals surface area contributed by atoms with Crippen LogP contribution in [0.25, 0.3) is 0 Å². The van der Waals surface area contributed by atoms with Crippen molar-refractivity contribution >= 4 is 17.5 Å². The Morgan fingerprint density at radius 3 is 2.39 bits per heavy atom. The first-order chi connectivity index (χ1) is 15.1. The minimum Gasteiger partial charge on any atom is -0.494 e. The van der Waals surface area contributed by atoms with E-state index in [0.29, 0.717) is 25.9 Å². The lowest BCUT2D eigenvalue weighted by molar-refractivity contribution is -0.900. The number of carbonyl (C=O) groups excluding carboxylic acids is 2. The normalized spacial score (nSPS) is 14.2. The Morgan fingerprint density at radius 1 is 0.968 bits per heavy atom. The average molecular weight is 426 g/mol. The fraction of sp³-hybridized carbons (Fsp3) is 0.417. The summed E-state index contributed by atoms with van der Waals surface area (Å²) < 4.78 is 5.63. The zero-order valence-corrected chi connectivity index (χ0v) is 18.2. The van der Waals surface area contributed by atoms with Crippen LogP contribution in [0.5, 0.6) is 5.75 Å². The van der Waals surface area contributed by atoms with Crippen molar-refractivity contribution in [3.63, 3.8) is 0 Å². The summed E-state index contributed by atoms with van der Waals surface area (Å²) in [5.41, 5.74) is 7.41. The van der Waals surface area contributed by atoms with Gasteiger partial charge in [-0.05, 0) is 43.2 Å². The highest BCUT2D eigenvalue weighted by Crippen LogP contribution is 2.13. The van der Waals surface area contributed by atoms with Gasteiger partial charge in [0.05, 0.1) is 45.8 Å². The van der Waals surface area contributed by atoms with Crippen LogP contribution < -0.4 is 25.4 Å². The second-order valence-corrected chi connectivity index (χ2v) is 7.94. The zero-order chi connectivity index (χ0) is 21.9. The number of hydrogen-bond donors (Lipinski definition) is 3. The molecule has 7 nitrogen and oxygen atoms in total. The van der Waals surface area contributed by atoms with Gasteiger partial charge in [0.25, 0.3) is 0 Å². The molecule has 3 rings (SSSR count). The number of anilines is 1. The number of piperazine rings is 1. The third kappa shape index (κ3) is 7.94. The Bertz CT molecular complexity index is 836. The summed E-state index contributed by atoms with van der Waals surface area (Å²) in [5, 5.41) is 0. The van der Waals surface area contributed by atoms with Gasteiger partial charge in [-0.1, -0.05) is 30.3 Å². The minimum absolute atomic E-state index is 0.151. The number of nitrogens with one attached hydrogen (secondary N) is 3. The molecule has 2 amide bonds. The number of ether oxygens (including phenoxy) is 1. The van der Waals surface area contributed by atoms with Crippen LogP contribution in [0.4, 0.5) is 5.69 Å². The van der Waals surface area contributed by atoms with Crippen molar-refractivity contribution in [3.05, 3.63) is 60.2 Å². The Balaban J connectivity index is 1.23. The van der Waals surface area contributed by atoms with Crippen molar-refractivity contribution in [2.24, 2.45) is 0 Å². The molecular weight excluding hydrogens is 392 g/mol. The van der Waals surface area contributed by atoms with E-state index in [9.17, 15) is 9.59 Å². The number of amides is 2. The monoisotopic (exact) mass is 425 g/mol. The van der Waals surface area contributed by atoms with Crippen molar-refractivity contribution in [1.29, 1.82) is 0 Å². The van der Waals surface area contributed by atoms with E-state index in [-0.39, 0.29) is 11.8 Å². The fourth-order valence-corrected chi connectivity index (χ4v) is 3.65. The summed E-state index contributed by atoms with van der Waals surface area (Å²) in [6, 6.07) is 18.2. The number of aryl methyl sites for hydroxylation is 1. The van der Waals surface area contributed by atoms with Gasteiger partial charge in [-0.2, -0.15) is 0 Å². The molecule has 0 atom stereocenters.